The van der Waals surface area contributed by atoms with Crippen LogP contribution in [0.15, 0.2) is 54.6 Å². The first-order valence-electron chi connectivity index (χ1n) is 13.8. The second-order valence-electron chi connectivity index (χ2n) is 10.9. The highest BCUT2D eigenvalue weighted by molar-refractivity contribution is 6.04. The van der Waals surface area contributed by atoms with E-state index >= 15 is 0 Å². The first-order chi connectivity index (χ1) is 18.7. The number of aliphatic hydroxyl groups is 1. The summed E-state index contributed by atoms with van der Waals surface area (Å²) in [5.74, 6) is -2.56. The van der Waals surface area contributed by atoms with Gasteiger partial charge in [0.15, 0.2) is 0 Å². The minimum atomic E-state index is -1.17. The summed E-state index contributed by atoms with van der Waals surface area (Å²) in [7, 11) is 1.55. The molecule has 9 heteroatoms. The molecule has 0 radical (unpaired) electrons. The average Bonchev–Trinajstić information content (AvgIpc) is 3.52. The molecule has 3 amide bonds. The zero-order chi connectivity index (χ0) is 27.9. The number of likely N-dealkylation sites (tertiary alicyclic amines) is 1. The predicted octanol–water partition coefficient (Wildman–Crippen LogP) is 2.72. The molecule has 2 aromatic rings. The maximum absolute atomic E-state index is 14.2. The van der Waals surface area contributed by atoms with Gasteiger partial charge in [0.25, 0.3) is 0 Å². The van der Waals surface area contributed by atoms with Gasteiger partial charge in [-0.25, -0.2) is 0 Å². The highest BCUT2D eigenvalue weighted by atomic mass is 16.5. The molecule has 39 heavy (non-hydrogen) atoms. The standard InChI is InChI=1S/C30H38N4O5/c1-5-33(6-2)21-14-12-20(13-15-21)32-27(37)25-30-17-16-29(3,39-30)23(26(36)31-4)24(30)28(38)34(25)22(18-35)19-10-8-7-9-11-19/h7-15,22-25,35H,5-6,16-18H2,1-4H3,(H,31,36)(H,32,37)/t22-,23+,24+,25?,29-,30?/m1/s1. The van der Waals surface area contributed by atoms with Crippen molar-refractivity contribution >= 4 is 29.1 Å². The Kier molecular flexibility index (Phi) is 7.15. The van der Waals surface area contributed by atoms with E-state index < -0.39 is 41.0 Å². The fraction of sp³-hybridized carbons (Fsp3) is 0.500. The van der Waals surface area contributed by atoms with E-state index in [-0.39, 0.29) is 18.4 Å². The third-order valence-electron chi connectivity index (χ3n) is 8.95. The van der Waals surface area contributed by atoms with Crippen molar-refractivity contribution < 1.29 is 24.2 Å². The topological polar surface area (TPSA) is 111 Å². The van der Waals surface area contributed by atoms with Crippen molar-refractivity contribution in [1.29, 1.82) is 0 Å². The Labute approximate surface area is 229 Å². The van der Waals surface area contributed by atoms with Crippen molar-refractivity contribution in [3.63, 3.8) is 0 Å². The van der Waals surface area contributed by atoms with Crippen LogP contribution in [0.4, 0.5) is 11.4 Å². The second-order valence-corrected chi connectivity index (χ2v) is 10.9. The fourth-order valence-electron chi connectivity index (χ4n) is 7.14. The van der Waals surface area contributed by atoms with Crippen LogP contribution >= 0.6 is 0 Å². The van der Waals surface area contributed by atoms with Gasteiger partial charge in [-0.05, 0) is 63.4 Å². The number of amides is 3. The monoisotopic (exact) mass is 534 g/mol. The van der Waals surface area contributed by atoms with Gasteiger partial charge >= 0.3 is 0 Å². The Morgan fingerprint density at radius 2 is 1.74 bits per heavy atom. The summed E-state index contributed by atoms with van der Waals surface area (Å²) in [6, 6.07) is 15.0. The van der Waals surface area contributed by atoms with Gasteiger partial charge in [0.1, 0.15) is 11.6 Å². The molecule has 3 N–H and O–H groups in total. The van der Waals surface area contributed by atoms with E-state index in [1.807, 2.05) is 61.5 Å². The predicted molar refractivity (Wildman–Crippen MR) is 148 cm³/mol. The number of nitrogens with one attached hydrogen (secondary N) is 2. The molecule has 2 aromatic carbocycles. The summed E-state index contributed by atoms with van der Waals surface area (Å²) in [6.45, 7) is 7.41. The van der Waals surface area contributed by atoms with Crippen LogP contribution in [0.2, 0.25) is 0 Å². The van der Waals surface area contributed by atoms with E-state index in [1.54, 1.807) is 7.05 Å². The number of hydrogen-bond donors (Lipinski definition) is 3. The number of nitrogens with zero attached hydrogens (tertiary/aromatic N) is 2. The number of carbonyl (C=O) groups is 3. The number of anilines is 2. The summed E-state index contributed by atoms with van der Waals surface area (Å²) in [5.41, 5.74) is 0.347. The minimum Gasteiger partial charge on any atom is -0.394 e. The van der Waals surface area contributed by atoms with Crippen LogP contribution in [0.5, 0.6) is 0 Å². The molecule has 9 nitrogen and oxygen atoms in total. The molecular weight excluding hydrogens is 496 g/mol. The first kappa shape index (κ1) is 27.1. The van der Waals surface area contributed by atoms with Crippen molar-refractivity contribution in [1.82, 2.24) is 10.2 Å². The lowest BCUT2D eigenvalue weighted by Gasteiger charge is -2.37. The van der Waals surface area contributed by atoms with Crippen molar-refractivity contribution in [2.24, 2.45) is 11.8 Å². The van der Waals surface area contributed by atoms with Gasteiger partial charge in [-0.15, -0.1) is 0 Å². The van der Waals surface area contributed by atoms with Gasteiger partial charge in [0, 0.05) is 31.5 Å². The summed E-state index contributed by atoms with van der Waals surface area (Å²) >= 11 is 0. The smallest absolute Gasteiger partial charge is 0.250 e. The Morgan fingerprint density at radius 1 is 1.08 bits per heavy atom. The van der Waals surface area contributed by atoms with Gasteiger partial charge < -0.3 is 30.3 Å². The Bertz CT molecular complexity index is 1230. The van der Waals surface area contributed by atoms with Crippen molar-refractivity contribution in [3.05, 3.63) is 60.2 Å². The van der Waals surface area contributed by atoms with Gasteiger partial charge in [0.05, 0.1) is 30.1 Å². The van der Waals surface area contributed by atoms with Crippen LogP contribution in [0, 0.1) is 11.8 Å². The zero-order valence-corrected chi connectivity index (χ0v) is 23.0. The third-order valence-corrected chi connectivity index (χ3v) is 8.95. The number of ether oxygens (including phenoxy) is 1. The number of carbonyl (C=O) groups excluding carboxylic acids is 3. The van der Waals surface area contributed by atoms with Crippen LogP contribution < -0.4 is 15.5 Å². The van der Waals surface area contributed by atoms with Gasteiger partial charge in [-0.3, -0.25) is 14.4 Å². The SMILES string of the molecule is CCN(CC)c1ccc(NC(=O)C2N([C@H](CO)c3ccccc3)C(=O)[C@@H]3[C@@H](C(=O)NC)[C@@]4(C)CCC23O4)cc1. The molecule has 3 aliphatic heterocycles. The number of fused-ring (bicyclic) bond motifs is 1. The molecule has 0 aliphatic carbocycles. The molecule has 1 spiro atoms. The van der Waals surface area contributed by atoms with Gasteiger partial charge in [0.2, 0.25) is 17.7 Å². The normalized spacial score (nSPS) is 29.7. The molecule has 0 aromatic heterocycles. The van der Waals surface area contributed by atoms with Crippen LogP contribution in [-0.4, -0.2) is 71.7 Å². The number of aliphatic hydroxyl groups excluding tert-OH is 1. The van der Waals surface area contributed by atoms with Crippen LogP contribution in [0.25, 0.3) is 0 Å². The lowest BCUT2D eigenvalue weighted by atomic mass is 9.66. The van der Waals surface area contributed by atoms with E-state index in [0.717, 1.165) is 18.8 Å². The molecule has 3 heterocycles. The van der Waals surface area contributed by atoms with E-state index in [2.05, 4.69) is 29.4 Å². The van der Waals surface area contributed by atoms with E-state index in [9.17, 15) is 19.5 Å². The van der Waals surface area contributed by atoms with E-state index in [4.69, 9.17) is 4.74 Å². The van der Waals surface area contributed by atoms with Crippen molar-refractivity contribution in [2.75, 3.05) is 37.0 Å². The molecule has 3 saturated heterocycles. The lowest BCUT2D eigenvalue weighted by Crippen LogP contribution is -2.54. The molecule has 3 aliphatic rings. The van der Waals surface area contributed by atoms with Crippen LogP contribution in [0.3, 0.4) is 0 Å². The fourth-order valence-corrected chi connectivity index (χ4v) is 7.14. The van der Waals surface area contributed by atoms with Crippen molar-refractivity contribution in [3.8, 4) is 0 Å². The summed E-state index contributed by atoms with van der Waals surface area (Å²) in [6.07, 6.45) is 1.02. The van der Waals surface area contributed by atoms with Gasteiger partial charge in [-0.2, -0.15) is 0 Å². The number of benzene rings is 2. The molecule has 2 unspecified atom stereocenters. The molecular formula is C30H38N4O5. The van der Waals surface area contributed by atoms with E-state index in [0.29, 0.717) is 24.1 Å². The van der Waals surface area contributed by atoms with Crippen LogP contribution in [0.1, 0.15) is 45.2 Å². The Balaban J connectivity index is 1.55. The summed E-state index contributed by atoms with van der Waals surface area (Å²) in [4.78, 5) is 45.2. The maximum atomic E-state index is 14.2. The summed E-state index contributed by atoms with van der Waals surface area (Å²) in [5, 5.41) is 16.2. The minimum absolute atomic E-state index is 0.273. The Hall–Kier alpha value is -3.43. The molecule has 6 atom stereocenters. The van der Waals surface area contributed by atoms with Crippen molar-refractivity contribution in [2.45, 2.75) is 56.9 Å². The molecule has 208 valence electrons. The quantitative estimate of drug-likeness (QED) is 0.456. The third kappa shape index (κ3) is 4.19. The second kappa shape index (κ2) is 10.3. The highest BCUT2D eigenvalue weighted by Gasteiger charge is 2.78. The average molecular weight is 535 g/mol. The summed E-state index contributed by atoms with van der Waals surface area (Å²) < 4.78 is 6.62. The van der Waals surface area contributed by atoms with Crippen LogP contribution in [-0.2, 0) is 19.1 Å². The number of rotatable bonds is 9. The molecule has 2 bridgehead atoms. The maximum Gasteiger partial charge on any atom is 0.250 e. The molecule has 0 saturated carbocycles. The van der Waals surface area contributed by atoms with Gasteiger partial charge in [-0.1, -0.05) is 30.3 Å². The molecule has 5 rings (SSSR count). The zero-order valence-electron chi connectivity index (χ0n) is 23.0. The Morgan fingerprint density at radius 3 is 2.33 bits per heavy atom. The lowest BCUT2D eigenvalue weighted by molar-refractivity contribution is -0.148. The highest BCUT2D eigenvalue weighted by Crippen LogP contribution is 2.64. The largest absolute Gasteiger partial charge is 0.394 e. The first-order valence-corrected chi connectivity index (χ1v) is 13.8. The molecule has 3 fully saturated rings. The van der Waals surface area contributed by atoms with E-state index in [1.165, 1.54) is 4.90 Å². The number of hydrogen-bond acceptors (Lipinski definition) is 6.